The highest BCUT2D eigenvalue weighted by Crippen LogP contribution is 2.21. The van der Waals surface area contributed by atoms with Crippen LogP contribution in [0.25, 0.3) is 0 Å². The number of amides is 1. The number of aromatic carboxylic acids is 1. The van der Waals surface area contributed by atoms with Crippen LogP contribution >= 0.6 is 12.2 Å². The minimum atomic E-state index is -1.09. The zero-order valence-electron chi connectivity index (χ0n) is 12.2. The lowest BCUT2D eigenvalue weighted by atomic mass is 10.2. The van der Waals surface area contributed by atoms with Crippen molar-refractivity contribution in [1.82, 2.24) is 5.32 Å². The third-order valence-corrected chi connectivity index (χ3v) is 3.11. The quantitative estimate of drug-likeness (QED) is 0.747. The fourth-order valence-corrected chi connectivity index (χ4v) is 2.05. The molecule has 0 atom stereocenters. The van der Waals surface area contributed by atoms with E-state index in [1.807, 2.05) is 0 Å². The summed E-state index contributed by atoms with van der Waals surface area (Å²) in [4.78, 5) is 23.1. The minimum Gasteiger partial charge on any atom is -0.497 e. The molecular formula is C16H14N2O4S. The van der Waals surface area contributed by atoms with Gasteiger partial charge in [0.25, 0.3) is 5.91 Å². The molecular weight excluding hydrogens is 316 g/mol. The van der Waals surface area contributed by atoms with Crippen molar-refractivity contribution >= 4 is 34.9 Å². The average molecular weight is 330 g/mol. The summed E-state index contributed by atoms with van der Waals surface area (Å²) in [5.41, 5.74) is 0.915. The summed E-state index contributed by atoms with van der Waals surface area (Å²) in [6, 6.07) is 13.0. The van der Waals surface area contributed by atoms with Gasteiger partial charge in [-0.05, 0) is 36.5 Å². The summed E-state index contributed by atoms with van der Waals surface area (Å²) in [6.45, 7) is 0. The minimum absolute atomic E-state index is 0.0454. The van der Waals surface area contributed by atoms with Crippen LogP contribution in [-0.2, 0) is 0 Å². The maximum atomic E-state index is 12.0. The van der Waals surface area contributed by atoms with Crippen LogP contribution in [0.5, 0.6) is 5.75 Å². The first kappa shape index (κ1) is 16.4. The highest BCUT2D eigenvalue weighted by Gasteiger charge is 2.10. The third kappa shape index (κ3) is 4.52. The van der Waals surface area contributed by atoms with Crippen molar-refractivity contribution in [2.24, 2.45) is 0 Å². The molecule has 0 aliphatic carbocycles. The molecule has 0 saturated heterocycles. The molecule has 23 heavy (non-hydrogen) atoms. The predicted octanol–water partition coefficient (Wildman–Crippen LogP) is 2.52. The standard InChI is InChI=1S/C16H14N2O4S/c1-22-13-8-11(15(20)21)7-12(9-13)17-16(23)18-14(19)10-5-3-2-4-6-10/h2-9H,1H3,(H,20,21)(H2,17,18,19,23). The molecule has 6 nitrogen and oxygen atoms in total. The Morgan fingerprint density at radius 2 is 1.78 bits per heavy atom. The SMILES string of the molecule is COc1cc(NC(=S)NC(=O)c2ccccc2)cc(C(=O)O)c1. The van der Waals surface area contributed by atoms with Crippen LogP contribution < -0.4 is 15.4 Å². The Kier molecular flexibility index (Phi) is 5.27. The van der Waals surface area contributed by atoms with Crippen molar-refractivity contribution in [1.29, 1.82) is 0 Å². The number of nitrogens with one attached hydrogen (secondary N) is 2. The Labute approximate surface area is 138 Å². The summed E-state index contributed by atoms with van der Waals surface area (Å²) in [5, 5.41) is 14.4. The molecule has 0 saturated carbocycles. The van der Waals surface area contributed by atoms with Crippen LogP contribution in [0, 0.1) is 0 Å². The van der Waals surface area contributed by atoms with Gasteiger partial charge < -0.3 is 15.2 Å². The second-order valence-electron chi connectivity index (χ2n) is 4.53. The number of anilines is 1. The lowest BCUT2D eigenvalue weighted by molar-refractivity contribution is 0.0696. The molecule has 0 aliphatic heterocycles. The first-order valence-corrected chi connectivity index (χ1v) is 7.00. The summed E-state index contributed by atoms with van der Waals surface area (Å²) < 4.78 is 5.04. The first-order chi connectivity index (χ1) is 11.0. The summed E-state index contributed by atoms with van der Waals surface area (Å²) in [5.74, 6) is -1.08. The van der Waals surface area contributed by atoms with Gasteiger partial charge in [0.15, 0.2) is 5.11 Å². The molecule has 2 aromatic carbocycles. The molecule has 0 spiro atoms. The number of rotatable bonds is 4. The van der Waals surface area contributed by atoms with Crippen molar-refractivity contribution in [3.63, 3.8) is 0 Å². The predicted molar refractivity (Wildman–Crippen MR) is 90.1 cm³/mol. The van der Waals surface area contributed by atoms with Gasteiger partial charge in [-0.15, -0.1) is 0 Å². The van der Waals surface area contributed by atoms with E-state index >= 15 is 0 Å². The van der Waals surface area contributed by atoms with Gasteiger partial charge in [-0.2, -0.15) is 0 Å². The summed E-state index contributed by atoms with van der Waals surface area (Å²) >= 11 is 5.07. The number of ether oxygens (including phenoxy) is 1. The van der Waals surface area contributed by atoms with E-state index in [2.05, 4.69) is 10.6 Å². The number of methoxy groups -OCH3 is 1. The van der Waals surface area contributed by atoms with Crippen LogP contribution in [0.15, 0.2) is 48.5 Å². The average Bonchev–Trinajstić information content (AvgIpc) is 2.55. The Balaban J connectivity index is 2.09. The molecule has 7 heteroatoms. The lowest BCUT2D eigenvalue weighted by Crippen LogP contribution is -2.34. The number of carboxylic acid groups (broad SMARTS) is 1. The van der Waals surface area contributed by atoms with Gasteiger partial charge in [0, 0.05) is 17.3 Å². The second kappa shape index (κ2) is 7.37. The smallest absolute Gasteiger partial charge is 0.335 e. The van der Waals surface area contributed by atoms with Gasteiger partial charge in [-0.1, -0.05) is 18.2 Å². The number of benzene rings is 2. The van der Waals surface area contributed by atoms with Crippen molar-refractivity contribution in [2.75, 3.05) is 12.4 Å². The molecule has 0 bridgehead atoms. The Morgan fingerprint density at radius 3 is 2.39 bits per heavy atom. The van der Waals surface area contributed by atoms with E-state index in [0.29, 0.717) is 17.0 Å². The van der Waals surface area contributed by atoms with Gasteiger partial charge in [-0.25, -0.2) is 4.79 Å². The molecule has 0 radical (unpaired) electrons. The van der Waals surface area contributed by atoms with Crippen LogP contribution in [-0.4, -0.2) is 29.2 Å². The third-order valence-electron chi connectivity index (χ3n) is 2.91. The summed E-state index contributed by atoms with van der Waals surface area (Å²) in [7, 11) is 1.43. The molecule has 0 heterocycles. The highest BCUT2D eigenvalue weighted by molar-refractivity contribution is 7.80. The van der Waals surface area contributed by atoms with E-state index in [1.165, 1.54) is 19.2 Å². The maximum Gasteiger partial charge on any atom is 0.335 e. The van der Waals surface area contributed by atoms with Crippen molar-refractivity contribution in [3.8, 4) is 5.75 Å². The maximum absolute atomic E-state index is 12.0. The van der Waals surface area contributed by atoms with Crippen molar-refractivity contribution in [2.45, 2.75) is 0 Å². The molecule has 118 valence electrons. The van der Waals surface area contributed by atoms with Gasteiger partial charge in [0.1, 0.15) is 5.75 Å². The molecule has 2 aromatic rings. The van der Waals surface area contributed by atoms with Crippen molar-refractivity contribution < 1.29 is 19.4 Å². The van der Waals surface area contributed by atoms with E-state index < -0.39 is 5.97 Å². The fraction of sp³-hybridized carbons (Fsp3) is 0.0625. The molecule has 1 amide bonds. The number of hydrogen-bond donors (Lipinski definition) is 3. The molecule has 0 aliphatic rings. The zero-order chi connectivity index (χ0) is 16.8. The van der Waals surface area contributed by atoms with Crippen LogP contribution in [0.4, 0.5) is 5.69 Å². The zero-order valence-corrected chi connectivity index (χ0v) is 13.0. The number of carbonyl (C=O) groups excluding carboxylic acids is 1. The van der Waals surface area contributed by atoms with E-state index in [-0.39, 0.29) is 16.6 Å². The van der Waals surface area contributed by atoms with E-state index in [4.69, 9.17) is 22.1 Å². The molecule has 3 N–H and O–H groups in total. The second-order valence-corrected chi connectivity index (χ2v) is 4.94. The Bertz CT molecular complexity index is 747. The number of carbonyl (C=O) groups is 2. The lowest BCUT2D eigenvalue weighted by Gasteiger charge is -2.11. The highest BCUT2D eigenvalue weighted by atomic mass is 32.1. The van der Waals surface area contributed by atoms with Crippen molar-refractivity contribution in [3.05, 3.63) is 59.7 Å². The van der Waals surface area contributed by atoms with Gasteiger partial charge in [0.05, 0.1) is 12.7 Å². The fourth-order valence-electron chi connectivity index (χ4n) is 1.84. The van der Waals surface area contributed by atoms with Crippen LogP contribution in [0.2, 0.25) is 0 Å². The first-order valence-electron chi connectivity index (χ1n) is 6.59. The monoisotopic (exact) mass is 330 g/mol. The Hall–Kier alpha value is -2.93. The Morgan fingerprint density at radius 1 is 1.09 bits per heavy atom. The largest absolute Gasteiger partial charge is 0.497 e. The topological polar surface area (TPSA) is 87.7 Å². The van der Waals surface area contributed by atoms with Gasteiger partial charge in [0.2, 0.25) is 0 Å². The molecule has 2 rings (SSSR count). The summed E-state index contributed by atoms with van der Waals surface area (Å²) in [6.07, 6.45) is 0. The van der Waals surface area contributed by atoms with Crippen LogP contribution in [0.3, 0.4) is 0 Å². The number of thiocarbonyl (C=S) groups is 1. The van der Waals surface area contributed by atoms with Gasteiger partial charge >= 0.3 is 5.97 Å². The molecule has 0 fully saturated rings. The van der Waals surface area contributed by atoms with E-state index in [1.54, 1.807) is 36.4 Å². The van der Waals surface area contributed by atoms with E-state index in [0.717, 1.165) is 0 Å². The van der Waals surface area contributed by atoms with Crippen LogP contribution in [0.1, 0.15) is 20.7 Å². The normalized spacial score (nSPS) is 9.78. The number of carboxylic acids is 1. The molecule has 0 unspecified atom stereocenters. The van der Waals surface area contributed by atoms with E-state index in [9.17, 15) is 9.59 Å². The van der Waals surface area contributed by atoms with Gasteiger partial charge in [-0.3, -0.25) is 10.1 Å². The molecule has 0 aromatic heterocycles. The number of hydrogen-bond acceptors (Lipinski definition) is 4.